The Morgan fingerprint density at radius 2 is 2.18 bits per heavy atom. The smallest absolute Gasteiger partial charge is 0.696 e. The summed E-state index contributed by atoms with van der Waals surface area (Å²) in [4.78, 5) is 16.6. The number of rotatable bonds is 3. The van der Waals surface area contributed by atoms with Crippen molar-refractivity contribution in [2.24, 2.45) is 0 Å². The molecule has 0 saturated heterocycles. The second-order valence-electron chi connectivity index (χ2n) is 2.26. The quantitative estimate of drug-likeness (QED) is 0.405. The normalized spacial score (nSPS) is 8.71. The van der Waals surface area contributed by atoms with E-state index in [4.69, 9.17) is 16.1 Å². The van der Waals surface area contributed by atoms with Gasteiger partial charge in [0.25, 0.3) is 5.97 Å². The molecular formula is C7H12N4NiO4S. The molecule has 1 aromatic heterocycles. The number of carboxylic acid groups (broad SMARTS) is 1. The first-order chi connectivity index (χ1) is 6.61. The topological polar surface area (TPSA) is 177 Å². The zero-order valence-corrected chi connectivity index (χ0v) is 10.2. The molecular weight excluding hydrogens is 295 g/mol. The Hall–Kier alpha value is -1.24. The third-order valence-electron chi connectivity index (χ3n) is 1.28. The van der Waals surface area contributed by atoms with Crippen molar-refractivity contribution in [3.63, 3.8) is 0 Å². The molecule has 0 spiro atoms. The zero-order chi connectivity index (χ0) is 11.0. The van der Waals surface area contributed by atoms with Crippen LogP contribution in [-0.4, -0.2) is 38.0 Å². The molecule has 0 saturated carbocycles. The number of carbonyl (C=O) groups is 1. The van der Waals surface area contributed by atoms with Crippen LogP contribution < -0.4 is 0 Å². The fourth-order valence-corrected chi connectivity index (χ4v) is 0.704. The van der Waals surface area contributed by atoms with Crippen LogP contribution in [0.4, 0.5) is 0 Å². The van der Waals surface area contributed by atoms with Crippen molar-refractivity contribution in [3.8, 4) is 5.40 Å². The molecule has 0 fully saturated rings. The van der Waals surface area contributed by atoms with Gasteiger partial charge in [-0.15, -0.1) is 0 Å². The van der Waals surface area contributed by atoms with Gasteiger partial charge in [0.15, 0.2) is 0 Å². The number of carboxylic acids is 1. The number of imidazole rings is 1. The molecule has 1 unspecified atom stereocenters. The van der Waals surface area contributed by atoms with Crippen molar-refractivity contribution in [2.75, 3.05) is 0 Å². The molecule has 10 heteroatoms. The van der Waals surface area contributed by atoms with Gasteiger partial charge in [0.2, 0.25) is 0 Å². The van der Waals surface area contributed by atoms with Gasteiger partial charge in [-0.05, 0) is 12.5 Å². The molecule has 1 atom stereocenters. The Morgan fingerprint density at radius 3 is 2.47 bits per heavy atom. The Morgan fingerprint density at radius 1 is 1.71 bits per heavy atom. The number of aromatic nitrogens is 2. The summed E-state index contributed by atoms with van der Waals surface area (Å²) in [5.41, 5.74) is 7.73. The van der Waals surface area contributed by atoms with Crippen LogP contribution in [0.2, 0.25) is 0 Å². The maximum absolute atomic E-state index is 10.2. The predicted molar refractivity (Wildman–Crippen MR) is 58.2 cm³/mol. The molecule has 0 aliphatic heterocycles. The molecule has 0 aromatic carbocycles. The van der Waals surface area contributed by atoms with Crippen molar-refractivity contribution in [3.05, 3.63) is 24.0 Å². The van der Waals surface area contributed by atoms with Crippen LogP contribution in [0.1, 0.15) is 5.69 Å². The fraction of sp³-hybridized carbons (Fsp3) is 0.286. The number of thiocyanates is 1. The van der Waals surface area contributed by atoms with Crippen LogP contribution in [0, 0.1) is 10.7 Å². The standard InChI is InChI=1S/C6H8N3O2.CHNS.Ni.2H2O/c7-5(6(10)11)1-4-2-8-3-9-4;2-1-3;;;/h2-3,5,7H,1H2,(H,8,9)(H,10,11);3H;;2*1H2/q-1;;+2;;/p-1. The Kier molecular flexibility index (Phi) is 21.6. The van der Waals surface area contributed by atoms with Crippen LogP contribution >= 0.6 is 0 Å². The van der Waals surface area contributed by atoms with E-state index in [1.54, 1.807) is 0 Å². The number of nitrogens with zero attached hydrogens (tertiary/aromatic N) is 2. The van der Waals surface area contributed by atoms with E-state index in [0.717, 1.165) is 0 Å². The van der Waals surface area contributed by atoms with E-state index in [0.29, 0.717) is 5.69 Å². The number of hydrogen-bond acceptors (Lipinski definition) is 4. The van der Waals surface area contributed by atoms with Crippen LogP contribution in [0.15, 0.2) is 12.5 Å². The van der Waals surface area contributed by atoms with Crippen molar-refractivity contribution < 1.29 is 37.3 Å². The van der Waals surface area contributed by atoms with Gasteiger partial charge in [0.1, 0.15) is 0 Å². The maximum atomic E-state index is 10.2. The molecule has 0 aliphatic rings. The third kappa shape index (κ3) is 12.7. The molecule has 17 heavy (non-hydrogen) atoms. The minimum atomic E-state index is -1.11. The summed E-state index contributed by atoms with van der Waals surface area (Å²) in [6, 6.07) is -1.10. The molecule has 8 nitrogen and oxygen atoms in total. The first-order valence-corrected chi connectivity index (χ1v) is 3.95. The molecule has 100 valence electrons. The third-order valence-corrected chi connectivity index (χ3v) is 1.28. The largest absolute Gasteiger partial charge is 2.00 e. The van der Waals surface area contributed by atoms with Crippen LogP contribution in [0.25, 0.3) is 5.73 Å². The summed E-state index contributed by atoms with van der Waals surface area (Å²) in [6.45, 7) is 0. The first kappa shape index (κ1) is 24.8. The van der Waals surface area contributed by atoms with Crippen molar-refractivity contribution >= 4 is 18.6 Å². The molecule has 0 aliphatic carbocycles. The van der Waals surface area contributed by atoms with E-state index < -0.39 is 12.0 Å². The predicted octanol–water partition coefficient (Wildman–Crippen LogP) is -1.18. The average molecular weight is 307 g/mol. The number of nitrogens with one attached hydrogen (secondary N) is 2. The first-order valence-electron chi connectivity index (χ1n) is 3.54. The number of H-pyrrole nitrogens is 1. The Labute approximate surface area is 113 Å². The van der Waals surface area contributed by atoms with Gasteiger partial charge in [0, 0.05) is 11.9 Å². The summed E-state index contributed by atoms with van der Waals surface area (Å²) in [5.74, 6) is -1.11. The van der Waals surface area contributed by atoms with Gasteiger partial charge < -0.3 is 39.4 Å². The van der Waals surface area contributed by atoms with Gasteiger partial charge in [0.05, 0.1) is 6.33 Å². The van der Waals surface area contributed by atoms with Gasteiger partial charge in [-0.25, -0.2) is 10.2 Å². The Balaban J connectivity index is -0.000000128. The summed E-state index contributed by atoms with van der Waals surface area (Å²) in [5, 5.41) is 16.8. The van der Waals surface area contributed by atoms with Gasteiger partial charge in [-0.3, -0.25) is 4.79 Å². The molecule has 7 N–H and O–H groups in total. The minimum Gasteiger partial charge on any atom is -0.696 e. The molecule has 0 bridgehead atoms. The maximum Gasteiger partial charge on any atom is 2.00 e. The van der Waals surface area contributed by atoms with Crippen LogP contribution in [-0.2, 0) is 40.3 Å². The average Bonchev–Trinajstić information content (AvgIpc) is 2.58. The number of hydrogen-bond donors (Lipinski definition) is 2. The second-order valence-corrected chi connectivity index (χ2v) is 2.45. The van der Waals surface area contributed by atoms with Gasteiger partial charge >= 0.3 is 16.5 Å². The second kappa shape index (κ2) is 14.8. The Bertz CT molecular complexity index is 316. The van der Waals surface area contributed by atoms with E-state index in [2.05, 4.69) is 22.6 Å². The molecule has 1 heterocycles. The monoisotopic (exact) mass is 306 g/mol. The minimum absolute atomic E-state index is 0. The molecule has 1 aromatic rings. The van der Waals surface area contributed by atoms with E-state index in [1.165, 1.54) is 17.9 Å². The molecule has 1 rings (SSSR count). The van der Waals surface area contributed by atoms with Gasteiger partial charge in [-0.2, -0.15) is 0 Å². The van der Waals surface area contributed by atoms with Gasteiger partial charge in [-0.1, -0.05) is 5.40 Å². The molecule has 0 amide bonds. The SMILES string of the molecule is N#C[S-].O.O.[NH-]C(Cc1cnc[nH]1)C(=O)O.[Ni+2]. The number of aliphatic carboxylic acids is 1. The summed E-state index contributed by atoms with van der Waals surface area (Å²) >= 11 is 3.70. The van der Waals surface area contributed by atoms with E-state index in [9.17, 15) is 4.79 Å². The van der Waals surface area contributed by atoms with Crippen molar-refractivity contribution in [2.45, 2.75) is 12.5 Å². The van der Waals surface area contributed by atoms with Crippen LogP contribution in [0.5, 0.6) is 0 Å². The van der Waals surface area contributed by atoms with Crippen molar-refractivity contribution in [1.29, 1.82) is 5.26 Å². The van der Waals surface area contributed by atoms with E-state index in [-0.39, 0.29) is 33.9 Å². The fourth-order valence-electron chi connectivity index (χ4n) is 0.704. The summed E-state index contributed by atoms with van der Waals surface area (Å²) < 4.78 is 0. The van der Waals surface area contributed by atoms with Crippen LogP contribution in [0.3, 0.4) is 0 Å². The number of nitriles is 1. The summed E-state index contributed by atoms with van der Waals surface area (Å²) in [6.07, 6.45) is 3.16. The molecule has 0 radical (unpaired) electrons. The van der Waals surface area contributed by atoms with E-state index >= 15 is 0 Å². The van der Waals surface area contributed by atoms with E-state index in [1.807, 2.05) is 0 Å². The summed E-state index contributed by atoms with van der Waals surface area (Å²) in [7, 11) is 0. The number of aromatic amines is 1. The zero-order valence-electron chi connectivity index (χ0n) is 8.41. The van der Waals surface area contributed by atoms with Crippen molar-refractivity contribution in [1.82, 2.24) is 9.97 Å².